The number of hydrogen-bond acceptors (Lipinski definition) is 5. The molecule has 1 aromatic carbocycles. The number of hydrogen-bond donors (Lipinski definition) is 1. The number of nitrogens with one attached hydrogen (secondary N) is 1. The Hall–Kier alpha value is -2.54. The van der Waals surface area contributed by atoms with Gasteiger partial charge in [-0.3, -0.25) is 14.2 Å². The summed E-state index contributed by atoms with van der Waals surface area (Å²) < 4.78 is 6.90. The third-order valence-electron chi connectivity index (χ3n) is 4.04. The summed E-state index contributed by atoms with van der Waals surface area (Å²) in [6.45, 7) is 6.80. The fourth-order valence-electron chi connectivity index (χ4n) is 2.71. The first-order valence-corrected chi connectivity index (χ1v) is 9.80. The zero-order chi connectivity index (χ0) is 19.4. The Labute approximate surface area is 162 Å². The summed E-state index contributed by atoms with van der Waals surface area (Å²) in [6.07, 6.45) is 1.57. The molecule has 2 heterocycles. The Morgan fingerprint density at radius 3 is 2.70 bits per heavy atom. The van der Waals surface area contributed by atoms with Gasteiger partial charge in [0.2, 0.25) is 5.91 Å². The van der Waals surface area contributed by atoms with Crippen LogP contribution in [0, 0.1) is 5.92 Å². The van der Waals surface area contributed by atoms with Gasteiger partial charge in [0.25, 0.3) is 5.56 Å². The lowest BCUT2D eigenvalue weighted by atomic mass is 10.2. The highest BCUT2D eigenvalue weighted by Crippen LogP contribution is 2.23. The Bertz CT molecular complexity index is 980. The molecule has 1 N–H and O–H groups in total. The first-order valence-electron chi connectivity index (χ1n) is 8.92. The van der Waals surface area contributed by atoms with Crippen molar-refractivity contribution in [3.63, 3.8) is 0 Å². The van der Waals surface area contributed by atoms with E-state index in [2.05, 4.69) is 24.1 Å². The van der Waals surface area contributed by atoms with Crippen molar-refractivity contribution in [2.24, 2.45) is 5.92 Å². The molecular formula is C20H23N3O3S. The molecule has 0 aliphatic heterocycles. The van der Waals surface area contributed by atoms with Gasteiger partial charge in [-0.05, 0) is 37.1 Å². The third kappa shape index (κ3) is 4.60. The molecule has 7 heteroatoms. The maximum absolute atomic E-state index is 12.9. The zero-order valence-electron chi connectivity index (χ0n) is 15.6. The normalized spacial score (nSPS) is 12.4. The predicted octanol–water partition coefficient (Wildman–Crippen LogP) is 3.44. The van der Waals surface area contributed by atoms with E-state index in [1.54, 1.807) is 23.0 Å². The molecule has 0 fully saturated rings. The summed E-state index contributed by atoms with van der Waals surface area (Å²) in [5.41, 5.74) is 0.577. The second kappa shape index (κ2) is 8.43. The number of thioether (sulfide) groups is 1. The number of rotatable bonds is 7. The van der Waals surface area contributed by atoms with Gasteiger partial charge in [-0.25, -0.2) is 4.98 Å². The molecule has 6 nitrogen and oxygen atoms in total. The molecule has 0 saturated heterocycles. The van der Waals surface area contributed by atoms with Crippen molar-refractivity contribution >= 4 is 28.6 Å². The molecule has 0 spiro atoms. The van der Waals surface area contributed by atoms with Crippen LogP contribution in [-0.4, -0.2) is 20.7 Å². The van der Waals surface area contributed by atoms with Crippen LogP contribution >= 0.6 is 11.8 Å². The van der Waals surface area contributed by atoms with Crippen LogP contribution in [0.4, 0.5) is 0 Å². The number of furan rings is 1. The van der Waals surface area contributed by atoms with E-state index >= 15 is 0 Å². The largest absolute Gasteiger partial charge is 0.467 e. The van der Waals surface area contributed by atoms with Gasteiger partial charge in [-0.2, -0.15) is 0 Å². The lowest BCUT2D eigenvalue weighted by Gasteiger charge is -2.17. The number of nitrogens with zero attached hydrogens (tertiary/aromatic N) is 2. The monoisotopic (exact) mass is 385 g/mol. The number of amides is 1. The van der Waals surface area contributed by atoms with Gasteiger partial charge >= 0.3 is 0 Å². The SMILES string of the molecule is CC(C)Cn1c(S[C@@H](C)C(=O)NCc2ccco2)nc2ccccc2c1=O. The molecule has 142 valence electrons. The highest BCUT2D eigenvalue weighted by atomic mass is 32.2. The number of para-hydroxylation sites is 1. The van der Waals surface area contributed by atoms with Crippen LogP contribution in [0.3, 0.4) is 0 Å². The molecule has 3 aromatic rings. The summed E-state index contributed by atoms with van der Waals surface area (Å²) in [7, 11) is 0. The zero-order valence-corrected chi connectivity index (χ0v) is 16.5. The summed E-state index contributed by atoms with van der Waals surface area (Å²) in [5, 5.41) is 3.61. The topological polar surface area (TPSA) is 77.1 Å². The molecular weight excluding hydrogens is 362 g/mol. The molecule has 0 aliphatic carbocycles. The highest BCUT2D eigenvalue weighted by Gasteiger charge is 2.20. The van der Waals surface area contributed by atoms with Crippen molar-refractivity contribution in [1.82, 2.24) is 14.9 Å². The minimum Gasteiger partial charge on any atom is -0.467 e. The van der Waals surface area contributed by atoms with E-state index in [0.717, 1.165) is 0 Å². The smallest absolute Gasteiger partial charge is 0.262 e. The summed E-state index contributed by atoms with van der Waals surface area (Å²) in [5.74, 6) is 0.851. The van der Waals surface area contributed by atoms with Crippen LogP contribution in [0.25, 0.3) is 10.9 Å². The van der Waals surface area contributed by atoms with Crippen molar-refractivity contribution in [1.29, 1.82) is 0 Å². The number of aromatic nitrogens is 2. The van der Waals surface area contributed by atoms with E-state index in [1.165, 1.54) is 11.8 Å². The van der Waals surface area contributed by atoms with Gasteiger partial charge in [-0.1, -0.05) is 37.7 Å². The molecule has 0 aliphatic rings. The van der Waals surface area contributed by atoms with Crippen LogP contribution in [0.1, 0.15) is 26.5 Å². The van der Waals surface area contributed by atoms with Crippen molar-refractivity contribution in [3.05, 3.63) is 58.8 Å². The molecule has 2 aromatic heterocycles. The highest BCUT2D eigenvalue weighted by molar-refractivity contribution is 8.00. The van der Waals surface area contributed by atoms with E-state index in [-0.39, 0.29) is 17.4 Å². The number of fused-ring (bicyclic) bond motifs is 1. The molecule has 0 saturated carbocycles. The average molecular weight is 385 g/mol. The summed E-state index contributed by atoms with van der Waals surface area (Å²) in [4.78, 5) is 30.0. The minimum atomic E-state index is -0.397. The van der Waals surface area contributed by atoms with Gasteiger partial charge in [0, 0.05) is 6.54 Å². The Balaban J connectivity index is 1.83. The van der Waals surface area contributed by atoms with Gasteiger partial charge in [0.1, 0.15) is 5.76 Å². The molecule has 1 atom stereocenters. The fraction of sp³-hybridized carbons (Fsp3) is 0.350. The van der Waals surface area contributed by atoms with E-state index in [4.69, 9.17) is 4.42 Å². The Kier molecular flexibility index (Phi) is 6.01. The average Bonchev–Trinajstić information content (AvgIpc) is 3.16. The lowest BCUT2D eigenvalue weighted by molar-refractivity contribution is -0.120. The molecule has 0 unspecified atom stereocenters. The standard InChI is InChI=1S/C20H23N3O3S/c1-13(2)12-23-19(25)16-8-4-5-9-17(16)22-20(23)27-14(3)18(24)21-11-15-7-6-10-26-15/h4-10,13-14H,11-12H2,1-3H3,(H,21,24)/t14-/m0/s1. The summed E-state index contributed by atoms with van der Waals surface area (Å²) in [6, 6.07) is 10.9. The predicted molar refractivity (Wildman–Crippen MR) is 107 cm³/mol. The first kappa shape index (κ1) is 19.2. The second-order valence-electron chi connectivity index (χ2n) is 6.78. The van der Waals surface area contributed by atoms with Crippen LogP contribution in [0.5, 0.6) is 0 Å². The van der Waals surface area contributed by atoms with E-state index in [1.807, 2.05) is 31.2 Å². The van der Waals surface area contributed by atoms with Gasteiger partial charge in [0.05, 0.1) is 29.0 Å². The van der Waals surface area contributed by atoms with E-state index in [9.17, 15) is 9.59 Å². The molecule has 1 amide bonds. The van der Waals surface area contributed by atoms with Crippen molar-refractivity contribution < 1.29 is 9.21 Å². The van der Waals surface area contributed by atoms with Crippen LogP contribution in [0.15, 0.2) is 57.0 Å². The molecule has 3 rings (SSSR count). The van der Waals surface area contributed by atoms with E-state index in [0.29, 0.717) is 34.9 Å². The van der Waals surface area contributed by atoms with Crippen LogP contribution in [-0.2, 0) is 17.9 Å². The van der Waals surface area contributed by atoms with Crippen molar-refractivity contribution in [3.8, 4) is 0 Å². The van der Waals surface area contributed by atoms with Gasteiger partial charge in [0.15, 0.2) is 5.16 Å². The fourth-order valence-corrected chi connectivity index (χ4v) is 3.65. The van der Waals surface area contributed by atoms with Crippen molar-refractivity contribution in [2.75, 3.05) is 0 Å². The molecule has 0 radical (unpaired) electrons. The quantitative estimate of drug-likeness (QED) is 0.498. The van der Waals surface area contributed by atoms with Gasteiger partial charge in [-0.15, -0.1) is 0 Å². The minimum absolute atomic E-state index is 0.0695. The number of benzene rings is 1. The van der Waals surface area contributed by atoms with Gasteiger partial charge < -0.3 is 9.73 Å². The second-order valence-corrected chi connectivity index (χ2v) is 8.09. The van der Waals surface area contributed by atoms with Crippen LogP contribution in [0.2, 0.25) is 0 Å². The van der Waals surface area contributed by atoms with E-state index < -0.39 is 5.25 Å². The first-order chi connectivity index (χ1) is 13.0. The Morgan fingerprint density at radius 1 is 1.22 bits per heavy atom. The molecule has 27 heavy (non-hydrogen) atoms. The van der Waals surface area contributed by atoms with Crippen LogP contribution < -0.4 is 10.9 Å². The maximum Gasteiger partial charge on any atom is 0.262 e. The number of carbonyl (C=O) groups excluding carboxylic acids is 1. The molecule has 0 bridgehead atoms. The van der Waals surface area contributed by atoms with Crippen molar-refractivity contribution in [2.45, 2.75) is 44.3 Å². The maximum atomic E-state index is 12.9. The lowest BCUT2D eigenvalue weighted by Crippen LogP contribution is -2.32. The number of carbonyl (C=O) groups is 1. The third-order valence-corrected chi connectivity index (χ3v) is 5.13. The summed E-state index contributed by atoms with van der Waals surface area (Å²) >= 11 is 1.30. The Morgan fingerprint density at radius 2 is 2.00 bits per heavy atom.